The number of ether oxygens (including phenoxy) is 5. The van der Waals surface area contributed by atoms with Crippen molar-refractivity contribution >= 4 is 23.9 Å². The second kappa shape index (κ2) is 22.8. The molecule has 1 saturated carbocycles. The summed E-state index contributed by atoms with van der Waals surface area (Å²) in [5.74, 6) is -1.36. The first-order chi connectivity index (χ1) is 26.8. The Morgan fingerprint density at radius 3 is 1.93 bits per heavy atom. The van der Waals surface area contributed by atoms with Gasteiger partial charge in [0.1, 0.15) is 57.0 Å². The number of hydrogen-bond donors (Lipinski definition) is 0. The number of rotatable bonds is 22. The maximum absolute atomic E-state index is 12.5. The molecule has 300 valence electrons. The lowest BCUT2D eigenvalue weighted by Crippen LogP contribution is -2.44. The Morgan fingerprint density at radius 2 is 1.36 bits per heavy atom. The lowest BCUT2D eigenvalue weighted by molar-refractivity contribution is -0.162. The van der Waals surface area contributed by atoms with Crippen LogP contribution in [-0.4, -0.2) is 50.3 Å². The van der Waals surface area contributed by atoms with Gasteiger partial charge in [0.05, 0.1) is 12.1 Å². The number of unbranched alkanes of at least 4 members (excludes halogenated alkanes) is 2. The SMILES string of the molecule is C=C(C)C(=O)OCc1cc(-c2ccc(C3CCC(CCCCC)CC3)cc2CC)ccc1OCC(COC(=O)CC#N)(COC(=O)CC#N)COC(=O)C(=C)C. The fourth-order valence-electron chi connectivity index (χ4n) is 6.70. The molecule has 1 aliphatic carbocycles. The van der Waals surface area contributed by atoms with Gasteiger partial charge in [0, 0.05) is 16.7 Å². The molecule has 1 aliphatic rings. The van der Waals surface area contributed by atoms with E-state index < -0.39 is 62.0 Å². The topological polar surface area (TPSA) is 162 Å². The highest BCUT2D eigenvalue weighted by atomic mass is 16.6. The smallest absolute Gasteiger partial charge is 0.333 e. The molecule has 0 bridgehead atoms. The van der Waals surface area contributed by atoms with Gasteiger partial charge in [-0.2, -0.15) is 10.5 Å². The molecule has 0 saturated heterocycles. The van der Waals surface area contributed by atoms with Crippen molar-refractivity contribution in [3.63, 3.8) is 0 Å². The van der Waals surface area contributed by atoms with Gasteiger partial charge in [0.2, 0.25) is 0 Å². The first-order valence-corrected chi connectivity index (χ1v) is 19.4. The highest BCUT2D eigenvalue weighted by Crippen LogP contribution is 2.40. The van der Waals surface area contributed by atoms with Crippen LogP contribution in [0.1, 0.15) is 115 Å². The Morgan fingerprint density at radius 1 is 0.750 bits per heavy atom. The molecule has 11 nitrogen and oxygen atoms in total. The molecule has 56 heavy (non-hydrogen) atoms. The largest absolute Gasteiger partial charge is 0.492 e. The van der Waals surface area contributed by atoms with Gasteiger partial charge < -0.3 is 23.7 Å². The molecule has 0 radical (unpaired) electrons. The first kappa shape index (κ1) is 45.0. The van der Waals surface area contributed by atoms with Crippen molar-refractivity contribution in [1.82, 2.24) is 0 Å². The molecule has 0 atom stereocenters. The Labute approximate surface area is 331 Å². The summed E-state index contributed by atoms with van der Waals surface area (Å²) >= 11 is 0. The minimum atomic E-state index is -1.48. The maximum Gasteiger partial charge on any atom is 0.333 e. The van der Waals surface area contributed by atoms with Crippen LogP contribution in [0.5, 0.6) is 5.75 Å². The maximum atomic E-state index is 12.5. The second-order valence-electron chi connectivity index (χ2n) is 14.8. The van der Waals surface area contributed by atoms with Crippen molar-refractivity contribution in [2.75, 3.05) is 26.4 Å². The highest BCUT2D eigenvalue weighted by Gasteiger charge is 2.38. The molecule has 0 N–H and O–H groups in total. The van der Waals surface area contributed by atoms with Crippen LogP contribution in [0.15, 0.2) is 60.7 Å². The zero-order valence-electron chi connectivity index (χ0n) is 33.4. The number of nitrogens with zero attached hydrogens (tertiary/aromatic N) is 2. The summed E-state index contributed by atoms with van der Waals surface area (Å²) < 4.78 is 28.0. The van der Waals surface area contributed by atoms with E-state index in [-0.39, 0.29) is 24.4 Å². The van der Waals surface area contributed by atoms with Crippen LogP contribution in [0.4, 0.5) is 0 Å². The average molecular weight is 769 g/mol. The van der Waals surface area contributed by atoms with Gasteiger partial charge in [0.25, 0.3) is 0 Å². The van der Waals surface area contributed by atoms with Gasteiger partial charge in [-0.3, -0.25) is 9.59 Å². The van der Waals surface area contributed by atoms with E-state index >= 15 is 0 Å². The molecule has 3 rings (SSSR count). The fraction of sp³-hybridized carbons (Fsp3) is 0.511. The molecule has 2 aromatic rings. The van der Waals surface area contributed by atoms with E-state index in [1.807, 2.05) is 12.1 Å². The number of esters is 4. The van der Waals surface area contributed by atoms with Gasteiger partial charge in [-0.05, 0) is 92.2 Å². The molecule has 0 amide bonds. The van der Waals surface area contributed by atoms with E-state index in [2.05, 4.69) is 45.2 Å². The van der Waals surface area contributed by atoms with Crippen LogP contribution in [0.25, 0.3) is 11.1 Å². The summed E-state index contributed by atoms with van der Waals surface area (Å²) in [5, 5.41) is 18.0. The van der Waals surface area contributed by atoms with E-state index in [1.165, 1.54) is 69.4 Å². The van der Waals surface area contributed by atoms with Crippen LogP contribution in [-0.2, 0) is 51.2 Å². The highest BCUT2D eigenvalue weighted by molar-refractivity contribution is 5.87. The third-order valence-corrected chi connectivity index (χ3v) is 10.0. The molecule has 0 spiro atoms. The Balaban J connectivity index is 1.97. The van der Waals surface area contributed by atoms with Gasteiger partial charge in [-0.15, -0.1) is 0 Å². The summed E-state index contributed by atoms with van der Waals surface area (Å²) in [6.45, 7) is 12.8. The van der Waals surface area contributed by atoms with Crippen LogP contribution < -0.4 is 4.74 Å². The lowest BCUT2D eigenvalue weighted by Gasteiger charge is -2.32. The Bertz CT molecular complexity index is 1760. The van der Waals surface area contributed by atoms with Gasteiger partial charge in [-0.1, -0.05) is 77.0 Å². The van der Waals surface area contributed by atoms with Gasteiger partial charge in [0.15, 0.2) is 0 Å². The number of carbonyl (C=O) groups is 4. The number of carbonyl (C=O) groups excluding carboxylic acids is 4. The number of hydrogen-bond acceptors (Lipinski definition) is 11. The lowest BCUT2D eigenvalue weighted by atomic mass is 9.76. The normalized spacial score (nSPS) is 15.0. The molecule has 11 heteroatoms. The molecule has 0 unspecified atom stereocenters. The van der Waals surface area contributed by atoms with E-state index in [1.54, 1.807) is 25.1 Å². The minimum Gasteiger partial charge on any atom is -0.492 e. The van der Waals surface area contributed by atoms with Crippen LogP contribution >= 0.6 is 0 Å². The van der Waals surface area contributed by atoms with Crippen molar-refractivity contribution in [2.24, 2.45) is 11.3 Å². The molecular formula is C45H56N2O9. The quantitative estimate of drug-likeness (QED) is 0.0487. The zero-order chi connectivity index (χ0) is 41.1. The third kappa shape index (κ3) is 14.0. The van der Waals surface area contributed by atoms with E-state index in [4.69, 9.17) is 34.2 Å². The fourth-order valence-corrected chi connectivity index (χ4v) is 6.70. The second-order valence-corrected chi connectivity index (χ2v) is 14.8. The van der Waals surface area contributed by atoms with Crippen molar-refractivity contribution in [2.45, 2.75) is 111 Å². The summed E-state index contributed by atoms with van der Waals surface area (Å²) in [7, 11) is 0. The van der Waals surface area contributed by atoms with Crippen molar-refractivity contribution in [1.29, 1.82) is 10.5 Å². The van der Waals surface area contributed by atoms with Crippen LogP contribution in [0.3, 0.4) is 0 Å². The predicted octanol–water partition coefficient (Wildman–Crippen LogP) is 8.79. The van der Waals surface area contributed by atoms with Gasteiger partial charge in [-0.25, -0.2) is 9.59 Å². The molecule has 2 aromatic carbocycles. The number of aryl methyl sites for hydroxylation is 1. The molecular weight excluding hydrogens is 713 g/mol. The molecule has 0 aliphatic heterocycles. The van der Waals surface area contributed by atoms with Crippen molar-refractivity contribution in [3.05, 3.63) is 77.4 Å². The summed E-state index contributed by atoms with van der Waals surface area (Å²) in [6.07, 6.45) is 9.88. The zero-order valence-corrected chi connectivity index (χ0v) is 33.4. The summed E-state index contributed by atoms with van der Waals surface area (Å²) in [4.78, 5) is 49.6. The number of nitriles is 2. The van der Waals surface area contributed by atoms with E-state index in [0.29, 0.717) is 17.2 Å². The first-order valence-electron chi connectivity index (χ1n) is 19.4. The Hall–Kier alpha value is -5.42. The Kier molecular flexibility index (Phi) is 18.3. The molecule has 0 aromatic heterocycles. The molecule has 1 fully saturated rings. The molecule has 0 heterocycles. The van der Waals surface area contributed by atoms with Gasteiger partial charge >= 0.3 is 23.9 Å². The number of benzene rings is 2. The van der Waals surface area contributed by atoms with Crippen molar-refractivity contribution in [3.8, 4) is 29.0 Å². The monoisotopic (exact) mass is 768 g/mol. The predicted molar refractivity (Wildman–Crippen MR) is 211 cm³/mol. The summed E-state index contributed by atoms with van der Waals surface area (Å²) in [6, 6.07) is 15.7. The van der Waals surface area contributed by atoms with Crippen LogP contribution in [0, 0.1) is 34.0 Å². The van der Waals surface area contributed by atoms with Crippen LogP contribution in [0.2, 0.25) is 0 Å². The summed E-state index contributed by atoms with van der Waals surface area (Å²) in [5.41, 5.74) is 3.85. The third-order valence-electron chi connectivity index (χ3n) is 10.0. The van der Waals surface area contributed by atoms with E-state index in [0.717, 1.165) is 23.5 Å². The average Bonchev–Trinajstić information content (AvgIpc) is 3.19. The standard InChI is InChI=1S/C45H56N2O9/c1-7-9-10-11-33-12-14-35(15-13-33)36-16-18-39(34(8-2)24-36)37-17-19-40(38(25-37)26-52-43(50)31(3)4)53-27-45(28-54-41(48)20-22-46,29-55-42(49)21-23-47)30-56-44(51)32(5)6/h16-19,24-25,33,35H,3,5,7-15,20-21,26-30H2,1-2,4,6H3. The van der Waals surface area contributed by atoms with Crippen molar-refractivity contribution < 1.29 is 42.9 Å². The van der Waals surface area contributed by atoms with E-state index in [9.17, 15) is 19.2 Å². The minimum absolute atomic E-state index is 0.102.